The van der Waals surface area contributed by atoms with Crippen molar-refractivity contribution in [3.05, 3.63) is 12.3 Å². The lowest BCUT2D eigenvalue weighted by Gasteiger charge is -2.09. The third-order valence-electron chi connectivity index (χ3n) is 1.46. The van der Waals surface area contributed by atoms with E-state index < -0.39 is 6.09 Å². The van der Waals surface area contributed by atoms with Gasteiger partial charge in [0, 0.05) is 7.05 Å². The van der Waals surface area contributed by atoms with Crippen LogP contribution >= 0.6 is 0 Å². The highest BCUT2D eigenvalue weighted by molar-refractivity contribution is 6.01. The van der Waals surface area contributed by atoms with Gasteiger partial charge in [-0.05, 0) is 12.3 Å². The first-order valence-corrected chi connectivity index (χ1v) is 3.62. The van der Waals surface area contributed by atoms with Crippen LogP contribution in [-0.2, 0) is 4.74 Å². The normalized spacial score (nSPS) is 16.8. The van der Waals surface area contributed by atoms with Gasteiger partial charge in [-0.15, -0.1) is 0 Å². The maximum absolute atomic E-state index is 10.9. The van der Waals surface area contributed by atoms with Crippen molar-refractivity contribution in [3.8, 4) is 0 Å². The van der Waals surface area contributed by atoms with Gasteiger partial charge < -0.3 is 10.1 Å². The molecule has 5 heteroatoms. The van der Waals surface area contributed by atoms with E-state index in [0.717, 1.165) is 0 Å². The molecular formula is C7H11N3O2. The maximum Gasteiger partial charge on any atom is 0.415 e. The largest absolute Gasteiger partial charge is 0.447 e. The van der Waals surface area contributed by atoms with E-state index in [0.29, 0.717) is 13.2 Å². The number of ether oxygens (including phenoxy) is 1. The Morgan fingerprint density at radius 1 is 1.83 bits per heavy atom. The molecule has 5 nitrogen and oxygen atoms in total. The van der Waals surface area contributed by atoms with E-state index in [1.165, 1.54) is 11.0 Å². The predicted octanol–water partition coefficient (Wildman–Crippen LogP) is 0.149. The van der Waals surface area contributed by atoms with Crippen LogP contribution in [0.25, 0.3) is 0 Å². The van der Waals surface area contributed by atoms with Crippen molar-refractivity contribution in [1.29, 1.82) is 5.41 Å². The molecule has 0 aromatic rings. The molecule has 0 spiro atoms. The van der Waals surface area contributed by atoms with Gasteiger partial charge in [-0.25, -0.2) is 4.79 Å². The molecule has 0 radical (unpaired) electrons. The predicted molar refractivity (Wildman–Crippen MR) is 44.0 cm³/mol. The number of amidine groups is 1. The number of hydrogen-bond acceptors (Lipinski definition) is 4. The van der Waals surface area contributed by atoms with Crippen molar-refractivity contribution in [2.45, 2.75) is 0 Å². The summed E-state index contributed by atoms with van der Waals surface area (Å²) in [6.45, 7) is 0.834. The SMILES string of the molecule is CN/C=C\C(=N)N1CCOC1=O. The van der Waals surface area contributed by atoms with Crippen molar-refractivity contribution in [2.75, 3.05) is 20.2 Å². The van der Waals surface area contributed by atoms with Gasteiger partial charge in [-0.1, -0.05) is 0 Å². The summed E-state index contributed by atoms with van der Waals surface area (Å²) in [5, 5.41) is 10.2. The number of nitrogens with one attached hydrogen (secondary N) is 2. The van der Waals surface area contributed by atoms with Crippen molar-refractivity contribution >= 4 is 11.9 Å². The first-order valence-electron chi connectivity index (χ1n) is 3.62. The van der Waals surface area contributed by atoms with E-state index in [1.807, 2.05) is 0 Å². The molecule has 1 amide bonds. The zero-order valence-corrected chi connectivity index (χ0v) is 6.83. The van der Waals surface area contributed by atoms with E-state index in [-0.39, 0.29) is 5.84 Å². The lowest BCUT2D eigenvalue weighted by Crippen LogP contribution is -2.29. The Labute approximate surface area is 70.5 Å². The van der Waals surface area contributed by atoms with Gasteiger partial charge in [0.2, 0.25) is 0 Å². The number of carbonyl (C=O) groups excluding carboxylic acids is 1. The van der Waals surface area contributed by atoms with Crippen LogP contribution in [0, 0.1) is 5.41 Å². The van der Waals surface area contributed by atoms with Crippen LogP contribution in [-0.4, -0.2) is 37.0 Å². The van der Waals surface area contributed by atoms with Gasteiger partial charge in [0.25, 0.3) is 0 Å². The highest BCUT2D eigenvalue weighted by atomic mass is 16.6. The van der Waals surface area contributed by atoms with E-state index in [4.69, 9.17) is 5.41 Å². The summed E-state index contributed by atoms with van der Waals surface area (Å²) in [6.07, 6.45) is 2.65. The Morgan fingerprint density at radius 3 is 3.08 bits per heavy atom. The molecule has 66 valence electrons. The average molecular weight is 169 g/mol. The molecule has 0 saturated carbocycles. The van der Waals surface area contributed by atoms with E-state index in [9.17, 15) is 4.79 Å². The highest BCUT2D eigenvalue weighted by Crippen LogP contribution is 2.03. The Hall–Kier alpha value is -1.52. The summed E-state index contributed by atoms with van der Waals surface area (Å²) in [4.78, 5) is 12.2. The van der Waals surface area contributed by atoms with Gasteiger partial charge in [-0.2, -0.15) is 0 Å². The highest BCUT2D eigenvalue weighted by Gasteiger charge is 2.24. The van der Waals surface area contributed by atoms with Gasteiger partial charge >= 0.3 is 6.09 Å². The minimum atomic E-state index is -0.444. The Morgan fingerprint density at radius 2 is 2.58 bits per heavy atom. The molecule has 1 aliphatic heterocycles. The molecule has 0 bridgehead atoms. The summed E-state index contributed by atoms with van der Waals surface area (Å²) >= 11 is 0. The Bertz CT molecular complexity index is 225. The number of hydrogen-bond donors (Lipinski definition) is 2. The van der Waals surface area contributed by atoms with E-state index in [2.05, 4.69) is 10.1 Å². The van der Waals surface area contributed by atoms with Crippen LogP contribution in [0.2, 0.25) is 0 Å². The summed E-state index contributed by atoms with van der Waals surface area (Å²) < 4.78 is 4.66. The van der Waals surface area contributed by atoms with Crippen molar-refractivity contribution in [3.63, 3.8) is 0 Å². The number of carbonyl (C=O) groups is 1. The molecule has 1 fully saturated rings. The Balaban J connectivity index is 2.52. The quantitative estimate of drug-likeness (QED) is 0.456. The fourth-order valence-electron chi connectivity index (χ4n) is 0.864. The minimum Gasteiger partial charge on any atom is -0.447 e. The minimum absolute atomic E-state index is 0.145. The molecule has 1 heterocycles. The molecule has 1 aliphatic rings. The topological polar surface area (TPSA) is 65.4 Å². The monoisotopic (exact) mass is 169 g/mol. The second-order valence-corrected chi connectivity index (χ2v) is 2.27. The van der Waals surface area contributed by atoms with Gasteiger partial charge in [0.1, 0.15) is 12.4 Å². The third kappa shape index (κ3) is 1.75. The molecule has 1 saturated heterocycles. The average Bonchev–Trinajstić information content (AvgIpc) is 2.47. The molecule has 0 aliphatic carbocycles. The van der Waals surface area contributed by atoms with Gasteiger partial charge in [0.05, 0.1) is 6.54 Å². The van der Waals surface area contributed by atoms with E-state index in [1.54, 1.807) is 13.2 Å². The van der Waals surface area contributed by atoms with E-state index >= 15 is 0 Å². The summed E-state index contributed by atoms with van der Waals surface area (Å²) in [7, 11) is 1.73. The zero-order valence-electron chi connectivity index (χ0n) is 6.83. The number of nitrogens with zero attached hydrogens (tertiary/aromatic N) is 1. The van der Waals surface area contributed by atoms with Gasteiger partial charge in [-0.3, -0.25) is 10.3 Å². The summed E-state index contributed by atoms with van der Waals surface area (Å²) in [5.41, 5.74) is 0. The third-order valence-corrected chi connectivity index (χ3v) is 1.46. The molecule has 1 rings (SSSR count). The molecule has 0 atom stereocenters. The first kappa shape index (κ1) is 8.58. The fourth-order valence-corrected chi connectivity index (χ4v) is 0.864. The molecule has 12 heavy (non-hydrogen) atoms. The lowest BCUT2D eigenvalue weighted by atomic mass is 10.4. The zero-order chi connectivity index (χ0) is 8.97. The van der Waals surface area contributed by atoms with Crippen molar-refractivity contribution in [1.82, 2.24) is 10.2 Å². The lowest BCUT2D eigenvalue weighted by molar-refractivity contribution is 0.168. The number of amides is 1. The molecular weight excluding hydrogens is 158 g/mol. The first-order chi connectivity index (χ1) is 5.75. The van der Waals surface area contributed by atoms with Crippen LogP contribution in [0.3, 0.4) is 0 Å². The summed E-state index contributed by atoms with van der Waals surface area (Å²) in [6, 6.07) is 0. The number of cyclic esters (lactones) is 1. The van der Waals surface area contributed by atoms with Crippen LogP contribution in [0.5, 0.6) is 0 Å². The molecule has 0 aromatic carbocycles. The van der Waals surface area contributed by atoms with Crippen LogP contribution in [0.4, 0.5) is 4.79 Å². The number of rotatable bonds is 2. The molecule has 0 unspecified atom stereocenters. The second kappa shape index (κ2) is 3.75. The van der Waals surface area contributed by atoms with Gasteiger partial charge in [0.15, 0.2) is 0 Å². The van der Waals surface area contributed by atoms with Crippen molar-refractivity contribution in [2.24, 2.45) is 0 Å². The Kier molecular flexibility index (Phi) is 2.68. The maximum atomic E-state index is 10.9. The fraction of sp³-hybridized carbons (Fsp3) is 0.429. The van der Waals surface area contributed by atoms with Crippen LogP contribution < -0.4 is 5.32 Å². The standard InChI is InChI=1S/C7H11N3O2/c1-9-3-2-6(8)10-4-5-12-7(10)11/h2-3,8-9H,4-5H2,1H3/b3-2-,8-6?. The molecule has 2 N–H and O–H groups in total. The molecule has 0 aromatic heterocycles. The van der Waals surface area contributed by atoms with Crippen molar-refractivity contribution < 1.29 is 9.53 Å². The second-order valence-electron chi connectivity index (χ2n) is 2.27. The van der Waals surface area contributed by atoms with Crippen LogP contribution in [0.1, 0.15) is 0 Å². The summed E-state index contributed by atoms with van der Waals surface area (Å²) in [5.74, 6) is 0.145. The van der Waals surface area contributed by atoms with Crippen LogP contribution in [0.15, 0.2) is 12.3 Å². The smallest absolute Gasteiger partial charge is 0.415 e.